The second-order valence-corrected chi connectivity index (χ2v) is 12.1. The minimum atomic E-state index is -0.175. The van der Waals surface area contributed by atoms with Gasteiger partial charge in [0.2, 0.25) is 0 Å². The lowest BCUT2D eigenvalue weighted by Gasteiger charge is -2.18. The van der Waals surface area contributed by atoms with Crippen molar-refractivity contribution in [2.75, 3.05) is 0 Å². The first-order valence-electron chi connectivity index (χ1n) is 15.2. The van der Waals surface area contributed by atoms with Crippen molar-refractivity contribution < 1.29 is 4.79 Å². The Labute approximate surface area is 278 Å². The van der Waals surface area contributed by atoms with Gasteiger partial charge in [-0.2, -0.15) is 10.5 Å². The topological polar surface area (TPSA) is 64.7 Å². The van der Waals surface area contributed by atoms with Crippen LogP contribution < -0.4 is 0 Å². The molecule has 4 heteroatoms. The maximum atomic E-state index is 13.4. The number of ketones is 1. The number of rotatable bonds is 6. The van der Waals surface area contributed by atoms with Gasteiger partial charge in [-0.1, -0.05) is 140 Å². The third kappa shape index (κ3) is 5.67. The first kappa shape index (κ1) is 29.4. The van der Waals surface area contributed by atoms with E-state index in [4.69, 9.17) is 0 Å². The van der Waals surface area contributed by atoms with Gasteiger partial charge in [0.05, 0.1) is 0 Å². The van der Waals surface area contributed by atoms with Crippen molar-refractivity contribution in [3.05, 3.63) is 201 Å². The fourth-order valence-corrected chi connectivity index (χ4v) is 7.06. The highest BCUT2D eigenvalue weighted by molar-refractivity contribution is 7.16. The molecule has 0 N–H and O–H groups in total. The van der Waals surface area contributed by atoms with Gasteiger partial charge >= 0.3 is 0 Å². The Bertz CT molecular complexity index is 2240. The predicted octanol–water partition coefficient (Wildman–Crippen LogP) is 10.5. The monoisotopic (exact) mass is 618 g/mol. The molecule has 0 aliphatic heterocycles. The molecule has 3 nitrogen and oxygen atoms in total. The summed E-state index contributed by atoms with van der Waals surface area (Å²) in [6, 6.07) is 55.3. The Kier molecular flexibility index (Phi) is 8.10. The maximum Gasteiger partial charge on any atom is 0.194 e. The number of nitrogens with zero attached hydrogens (tertiary/aromatic N) is 2. The van der Waals surface area contributed by atoms with Crippen LogP contribution in [0.3, 0.4) is 0 Å². The van der Waals surface area contributed by atoms with Crippen LogP contribution in [0.25, 0.3) is 33.2 Å². The average Bonchev–Trinajstić information content (AvgIpc) is 3.72. The lowest BCUT2D eigenvalue weighted by Crippen LogP contribution is -1.97. The van der Waals surface area contributed by atoms with Crippen LogP contribution in [0, 0.1) is 22.7 Å². The zero-order chi connectivity index (χ0) is 32.2. The van der Waals surface area contributed by atoms with E-state index in [0.29, 0.717) is 22.3 Å². The quantitative estimate of drug-likeness (QED) is 0.106. The van der Waals surface area contributed by atoms with Crippen molar-refractivity contribution in [2.24, 2.45) is 0 Å². The second kappa shape index (κ2) is 13.0. The number of hydrogen-bond donors (Lipinski definition) is 0. The molecule has 0 radical (unpaired) electrons. The molecule has 7 rings (SSSR count). The molecule has 0 saturated heterocycles. The number of Topliss-reactive ketones (excluding diaryl/α,β-unsaturated/α-hetero) is 1. The molecular weight excluding hydrogens is 593 g/mol. The van der Waals surface area contributed by atoms with E-state index in [-0.39, 0.29) is 11.4 Å². The molecule has 1 aromatic heterocycles. The number of fused-ring (bicyclic) bond motifs is 1. The van der Waals surface area contributed by atoms with Gasteiger partial charge in [0.25, 0.3) is 0 Å². The highest BCUT2D eigenvalue weighted by Gasteiger charge is 2.32. The molecule has 0 atom stereocenters. The fourth-order valence-electron chi connectivity index (χ4n) is 6.10. The molecule has 5 aromatic carbocycles. The number of thiophene rings is 1. The summed E-state index contributed by atoms with van der Waals surface area (Å²) in [4.78, 5) is 15.3. The molecule has 0 fully saturated rings. The smallest absolute Gasteiger partial charge is 0.194 e. The van der Waals surface area contributed by atoms with Crippen molar-refractivity contribution in [1.29, 1.82) is 10.5 Å². The van der Waals surface area contributed by atoms with Crippen LogP contribution in [-0.2, 0) is 0 Å². The molecule has 0 bridgehead atoms. The van der Waals surface area contributed by atoms with E-state index in [1.807, 2.05) is 48.5 Å². The molecular formula is C43H26N2OS. The van der Waals surface area contributed by atoms with E-state index < -0.39 is 0 Å². The standard InChI is InChI=1S/C43H26N2OS/c44-27-34(28-45)42-36-18-10-11-19-37(36)43(46)38(42)26-35-24-25-39(47-35)29-20-22-33(23-21-29)41(32-16-8-3-9-17-32)40(30-12-4-1-5-13-30)31-14-6-2-7-15-31/h1-26H/b38-26-. The highest BCUT2D eigenvalue weighted by Crippen LogP contribution is 2.42. The number of carbonyl (C=O) groups is 1. The minimum Gasteiger partial charge on any atom is -0.289 e. The molecule has 1 heterocycles. The Balaban J connectivity index is 1.30. The lowest BCUT2D eigenvalue weighted by atomic mass is 9.85. The second-order valence-electron chi connectivity index (χ2n) is 11.0. The normalized spacial score (nSPS) is 12.7. The van der Waals surface area contributed by atoms with Gasteiger partial charge in [-0.25, -0.2) is 0 Å². The Morgan fingerprint density at radius 2 is 1.00 bits per heavy atom. The maximum absolute atomic E-state index is 13.4. The number of nitriles is 2. The van der Waals surface area contributed by atoms with E-state index >= 15 is 0 Å². The third-order valence-electron chi connectivity index (χ3n) is 8.24. The number of hydrogen-bond acceptors (Lipinski definition) is 4. The van der Waals surface area contributed by atoms with Gasteiger partial charge in [0.1, 0.15) is 17.7 Å². The van der Waals surface area contributed by atoms with Crippen LogP contribution in [0.1, 0.15) is 43.1 Å². The molecule has 1 aliphatic carbocycles. The van der Waals surface area contributed by atoms with Crippen molar-refractivity contribution in [2.45, 2.75) is 0 Å². The summed E-state index contributed by atoms with van der Waals surface area (Å²) < 4.78 is 0. The van der Waals surface area contributed by atoms with Crippen LogP contribution in [0.5, 0.6) is 0 Å². The summed E-state index contributed by atoms with van der Waals surface area (Å²) in [6.07, 6.45) is 1.80. The number of carbonyl (C=O) groups excluding carboxylic acids is 1. The zero-order valence-electron chi connectivity index (χ0n) is 25.2. The molecule has 0 unspecified atom stereocenters. The fraction of sp³-hybridized carbons (Fsp3) is 0. The first-order valence-corrected chi connectivity index (χ1v) is 16.0. The molecule has 0 amide bonds. The summed E-state index contributed by atoms with van der Waals surface area (Å²) >= 11 is 1.56. The van der Waals surface area contributed by atoms with E-state index in [1.54, 1.807) is 35.6 Å². The first-order chi connectivity index (χ1) is 23.2. The third-order valence-corrected chi connectivity index (χ3v) is 9.32. The summed E-state index contributed by atoms with van der Waals surface area (Å²) in [5.74, 6) is -0.175. The van der Waals surface area contributed by atoms with Crippen molar-refractivity contribution in [3.8, 4) is 22.6 Å². The van der Waals surface area contributed by atoms with Crippen LogP contribution in [-0.4, -0.2) is 5.78 Å². The van der Waals surface area contributed by atoms with Crippen LogP contribution in [0.15, 0.2) is 163 Å². The average molecular weight is 619 g/mol. The van der Waals surface area contributed by atoms with Gasteiger partial charge < -0.3 is 0 Å². The number of benzene rings is 5. The van der Waals surface area contributed by atoms with Crippen molar-refractivity contribution in [3.63, 3.8) is 0 Å². The molecule has 220 valence electrons. The van der Waals surface area contributed by atoms with Crippen LogP contribution >= 0.6 is 11.3 Å². The minimum absolute atomic E-state index is 0.0606. The summed E-state index contributed by atoms with van der Waals surface area (Å²) in [5.41, 5.74) is 9.75. The van der Waals surface area contributed by atoms with Gasteiger partial charge in [0, 0.05) is 26.5 Å². The SMILES string of the molecule is N#CC(C#N)=C1/C(=C/c2ccc(-c3ccc(C(=C(c4ccccc4)c4ccccc4)c4ccccc4)cc3)s2)C(=O)c2ccccc21. The van der Waals surface area contributed by atoms with E-state index in [1.165, 1.54) is 0 Å². The van der Waals surface area contributed by atoms with E-state index in [9.17, 15) is 15.3 Å². The molecule has 0 saturated carbocycles. The largest absolute Gasteiger partial charge is 0.289 e. The lowest BCUT2D eigenvalue weighted by molar-refractivity contribution is 0.104. The zero-order valence-corrected chi connectivity index (χ0v) is 26.0. The molecule has 0 spiro atoms. The summed E-state index contributed by atoms with van der Waals surface area (Å²) in [7, 11) is 0. The van der Waals surface area contributed by atoms with Crippen molar-refractivity contribution >= 4 is 39.9 Å². The summed E-state index contributed by atoms with van der Waals surface area (Å²) in [5, 5.41) is 19.3. The van der Waals surface area contributed by atoms with Crippen LogP contribution in [0.2, 0.25) is 0 Å². The molecule has 1 aliphatic rings. The van der Waals surface area contributed by atoms with Crippen LogP contribution in [0.4, 0.5) is 0 Å². The Hall–Kier alpha value is -6.33. The van der Waals surface area contributed by atoms with Gasteiger partial charge in [-0.15, -0.1) is 11.3 Å². The van der Waals surface area contributed by atoms with E-state index in [0.717, 1.165) is 48.7 Å². The Morgan fingerprint density at radius 3 is 1.51 bits per heavy atom. The Morgan fingerprint density at radius 1 is 0.532 bits per heavy atom. The predicted molar refractivity (Wildman–Crippen MR) is 191 cm³/mol. The highest BCUT2D eigenvalue weighted by atomic mass is 32.1. The van der Waals surface area contributed by atoms with Gasteiger partial charge in [-0.3, -0.25) is 4.79 Å². The van der Waals surface area contributed by atoms with Gasteiger partial charge in [0.15, 0.2) is 5.78 Å². The summed E-state index contributed by atoms with van der Waals surface area (Å²) in [6.45, 7) is 0. The molecule has 47 heavy (non-hydrogen) atoms. The van der Waals surface area contributed by atoms with E-state index in [2.05, 4.69) is 97.1 Å². The molecule has 6 aromatic rings. The number of allylic oxidation sites excluding steroid dienone is 3. The van der Waals surface area contributed by atoms with Crippen molar-refractivity contribution in [1.82, 2.24) is 0 Å². The van der Waals surface area contributed by atoms with Gasteiger partial charge in [-0.05, 0) is 62.7 Å².